The van der Waals surface area contributed by atoms with Gasteiger partial charge in [-0.05, 0) is 48.9 Å². The lowest BCUT2D eigenvalue weighted by Gasteiger charge is -2.09. The van der Waals surface area contributed by atoms with E-state index in [1.165, 1.54) is 23.5 Å². The van der Waals surface area contributed by atoms with Gasteiger partial charge in [-0.25, -0.2) is 9.59 Å². The molecule has 1 heterocycles. The van der Waals surface area contributed by atoms with Crippen molar-refractivity contribution in [2.45, 2.75) is 6.92 Å². The molecule has 9 heteroatoms. The van der Waals surface area contributed by atoms with Gasteiger partial charge >= 0.3 is 11.9 Å². The number of carbonyl (C=O) groups excluding carboxylic acids is 3. The number of hydrogen-bond acceptors (Lipinski definition) is 6. The molecule has 0 fully saturated rings. The Hall–Kier alpha value is -2.87. The summed E-state index contributed by atoms with van der Waals surface area (Å²) in [5.41, 5.74) is 1.85. The molecule has 0 aliphatic heterocycles. The van der Waals surface area contributed by atoms with Gasteiger partial charge in [-0.3, -0.25) is 4.79 Å². The summed E-state index contributed by atoms with van der Waals surface area (Å²) in [6, 6.07) is 13.1. The van der Waals surface area contributed by atoms with Gasteiger partial charge in [0, 0.05) is 21.0 Å². The highest BCUT2D eigenvalue weighted by atomic mass is 35.5. The number of nitrogens with one attached hydrogen (secondary N) is 1. The third kappa shape index (κ3) is 5.85. The summed E-state index contributed by atoms with van der Waals surface area (Å²) in [7, 11) is 0. The first-order valence-corrected chi connectivity index (χ1v) is 10.8. The van der Waals surface area contributed by atoms with Crippen molar-refractivity contribution >= 4 is 57.4 Å². The molecular formula is C22H17Cl2NO5S. The molecule has 1 aromatic heterocycles. The smallest absolute Gasteiger partial charge is 0.341 e. The number of amides is 1. The van der Waals surface area contributed by atoms with E-state index in [4.69, 9.17) is 32.7 Å². The van der Waals surface area contributed by atoms with Gasteiger partial charge in [0.05, 0.1) is 12.2 Å². The van der Waals surface area contributed by atoms with E-state index in [9.17, 15) is 14.4 Å². The maximum atomic E-state index is 12.6. The number of ether oxygens (including phenoxy) is 2. The zero-order valence-corrected chi connectivity index (χ0v) is 18.6. The minimum atomic E-state index is -0.662. The zero-order valence-electron chi connectivity index (χ0n) is 16.3. The molecule has 3 rings (SSSR count). The summed E-state index contributed by atoms with van der Waals surface area (Å²) in [6.45, 7) is 1.36. The van der Waals surface area contributed by atoms with Gasteiger partial charge in [0.1, 0.15) is 10.6 Å². The van der Waals surface area contributed by atoms with E-state index in [0.717, 1.165) is 5.56 Å². The highest BCUT2D eigenvalue weighted by molar-refractivity contribution is 7.15. The number of rotatable bonds is 7. The van der Waals surface area contributed by atoms with E-state index in [1.54, 1.807) is 48.7 Å². The van der Waals surface area contributed by atoms with Crippen LogP contribution < -0.4 is 5.32 Å². The Morgan fingerprint density at radius 1 is 0.903 bits per heavy atom. The van der Waals surface area contributed by atoms with E-state index in [-0.39, 0.29) is 17.7 Å². The minimum absolute atomic E-state index is 0.181. The Kier molecular flexibility index (Phi) is 7.68. The Morgan fingerprint density at radius 2 is 1.52 bits per heavy atom. The van der Waals surface area contributed by atoms with Crippen molar-refractivity contribution in [1.82, 2.24) is 0 Å². The van der Waals surface area contributed by atoms with Crippen molar-refractivity contribution in [3.8, 4) is 11.1 Å². The van der Waals surface area contributed by atoms with E-state index < -0.39 is 24.5 Å². The van der Waals surface area contributed by atoms with Crippen molar-refractivity contribution < 1.29 is 23.9 Å². The number of esters is 2. The van der Waals surface area contributed by atoms with Gasteiger partial charge in [0.15, 0.2) is 6.61 Å². The highest BCUT2D eigenvalue weighted by Crippen LogP contribution is 2.36. The number of carbonyl (C=O) groups is 3. The molecule has 160 valence electrons. The quantitative estimate of drug-likeness (QED) is 0.441. The fraction of sp³-hybridized carbons (Fsp3) is 0.136. The molecule has 0 spiro atoms. The number of hydrogen-bond donors (Lipinski definition) is 1. The van der Waals surface area contributed by atoms with Crippen LogP contribution in [0.5, 0.6) is 0 Å². The zero-order chi connectivity index (χ0) is 22.4. The van der Waals surface area contributed by atoms with Crippen LogP contribution in [0, 0.1) is 0 Å². The second-order valence-corrected chi connectivity index (χ2v) is 7.96. The summed E-state index contributed by atoms with van der Waals surface area (Å²) < 4.78 is 10.2. The molecule has 0 saturated heterocycles. The standard InChI is InChI=1S/C22H17Cl2NO5S/c1-2-29-22(28)19-17(13-3-7-15(23)8-4-13)12-31-20(19)25-18(26)11-30-21(27)14-5-9-16(24)10-6-14/h3-10,12H,2,11H2,1H3,(H,25,26). The van der Waals surface area contributed by atoms with E-state index in [1.807, 2.05) is 0 Å². The maximum absolute atomic E-state index is 12.6. The molecule has 0 aliphatic rings. The number of halogens is 2. The average molecular weight is 478 g/mol. The Balaban J connectivity index is 1.74. The molecule has 31 heavy (non-hydrogen) atoms. The van der Waals surface area contributed by atoms with Gasteiger partial charge in [-0.15, -0.1) is 11.3 Å². The van der Waals surface area contributed by atoms with Crippen LogP contribution in [0.4, 0.5) is 5.00 Å². The van der Waals surface area contributed by atoms with Crippen LogP contribution in [0.3, 0.4) is 0 Å². The van der Waals surface area contributed by atoms with Crippen molar-refractivity contribution in [3.63, 3.8) is 0 Å². The van der Waals surface area contributed by atoms with Crippen molar-refractivity contribution in [2.75, 3.05) is 18.5 Å². The molecule has 2 aromatic carbocycles. The number of benzene rings is 2. The van der Waals surface area contributed by atoms with Gasteiger partial charge in [-0.1, -0.05) is 35.3 Å². The predicted molar refractivity (Wildman–Crippen MR) is 121 cm³/mol. The van der Waals surface area contributed by atoms with Crippen LogP contribution in [-0.4, -0.2) is 31.1 Å². The lowest BCUT2D eigenvalue weighted by Crippen LogP contribution is -2.21. The van der Waals surface area contributed by atoms with E-state index in [2.05, 4.69) is 5.32 Å². The number of anilines is 1. The Labute approximate surface area is 192 Å². The monoisotopic (exact) mass is 477 g/mol. The minimum Gasteiger partial charge on any atom is -0.462 e. The van der Waals surface area contributed by atoms with Crippen LogP contribution in [0.1, 0.15) is 27.6 Å². The molecule has 0 radical (unpaired) electrons. The predicted octanol–water partition coefficient (Wildman–Crippen LogP) is 5.69. The van der Waals surface area contributed by atoms with Gasteiger partial charge in [0.2, 0.25) is 0 Å². The highest BCUT2D eigenvalue weighted by Gasteiger charge is 2.23. The summed E-state index contributed by atoms with van der Waals surface area (Å²) in [5.74, 6) is -1.81. The topological polar surface area (TPSA) is 81.7 Å². The molecule has 3 aromatic rings. The first-order valence-electron chi connectivity index (χ1n) is 9.16. The van der Waals surface area contributed by atoms with Gasteiger partial charge < -0.3 is 14.8 Å². The second-order valence-electron chi connectivity index (χ2n) is 6.21. The first-order chi connectivity index (χ1) is 14.9. The molecule has 0 bridgehead atoms. The number of thiophene rings is 1. The summed E-state index contributed by atoms with van der Waals surface area (Å²) in [5, 5.41) is 5.71. The third-order valence-electron chi connectivity index (χ3n) is 4.09. The normalized spacial score (nSPS) is 10.4. The van der Waals surface area contributed by atoms with E-state index in [0.29, 0.717) is 20.6 Å². The van der Waals surface area contributed by atoms with Crippen LogP contribution in [0.2, 0.25) is 10.0 Å². The fourth-order valence-corrected chi connectivity index (χ4v) is 3.89. The maximum Gasteiger partial charge on any atom is 0.341 e. The molecule has 0 unspecified atom stereocenters. The Bertz CT molecular complexity index is 1090. The van der Waals surface area contributed by atoms with Crippen LogP contribution in [0.15, 0.2) is 53.9 Å². The molecule has 6 nitrogen and oxygen atoms in total. The molecular weight excluding hydrogens is 461 g/mol. The van der Waals surface area contributed by atoms with Crippen LogP contribution in [0.25, 0.3) is 11.1 Å². The SMILES string of the molecule is CCOC(=O)c1c(-c2ccc(Cl)cc2)csc1NC(=O)COC(=O)c1ccc(Cl)cc1. The van der Waals surface area contributed by atoms with Gasteiger partial charge in [0.25, 0.3) is 5.91 Å². The summed E-state index contributed by atoms with van der Waals surface area (Å²) >= 11 is 12.9. The molecule has 1 N–H and O–H groups in total. The van der Waals surface area contributed by atoms with Crippen molar-refractivity contribution in [2.24, 2.45) is 0 Å². The second kappa shape index (κ2) is 10.4. The van der Waals surface area contributed by atoms with E-state index >= 15 is 0 Å². The van der Waals surface area contributed by atoms with Crippen molar-refractivity contribution in [3.05, 3.63) is 75.1 Å². The molecule has 0 aliphatic carbocycles. The summed E-state index contributed by atoms with van der Waals surface area (Å²) in [6.07, 6.45) is 0. The lowest BCUT2D eigenvalue weighted by atomic mass is 10.0. The van der Waals surface area contributed by atoms with Crippen LogP contribution in [-0.2, 0) is 14.3 Å². The van der Waals surface area contributed by atoms with Crippen molar-refractivity contribution in [1.29, 1.82) is 0 Å². The lowest BCUT2D eigenvalue weighted by molar-refractivity contribution is -0.119. The molecule has 0 atom stereocenters. The third-order valence-corrected chi connectivity index (χ3v) is 5.49. The van der Waals surface area contributed by atoms with Gasteiger partial charge in [-0.2, -0.15) is 0 Å². The first kappa shape index (κ1) is 22.8. The van der Waals surface area contributed by atoms with Crippen LogP contribution >= 0.6 is 34.5 Å². The largest absolute Gasteiger partial charge is 0.462 e. The molecule has 1 amide bonds. The Morgan fingerprint density at radius 3 is 2.13 bits per heavy atom. The average Bonchev–Trinajstić information content (AvgIpc) is 3.16. The molecule has 0 saturated carbocycles. The summed E-state index contributed by atoms with van der Waals surface area (Å²) in [4.78, 5) is 37.0. The fourth-order valence-electron chi connectivity index (χ4n) is 2.66.